The van der Waals surface area contributed by atoms with E-state index in [0.29, 0.717) is 5.75 Å². The molecule has 144 valence electrons. The Hall–Kier alpha value is -2.76. The molecule has 0 aliphatic carbocycles. The van der Waals surface area contributed by atoms with E-state index in [4.69, 9.17) is 9.47 Å². The SMILES string of the molecule is COc1cc(F)ccc1-c1ccc([C@H](c2ccncc2)N2CCOCC2)cc1. The fourth-order valence-corrected chi connectivity index (χ4v) is 3.74. The topological polar surface area (TPSA) is 34.6 Å². The fraction of sp³-hybridized carbons (Fsp3) is 0.261. The van der Waals surface area contributed by atoms with Crippen molar-refractivity contribution in [1.82, 2.24) is 9.88 Å². The lowest BCUT2D eigenvalue weighted by Crippen LogP contribution is -2.39. The summed E-state index contributed by atoms with van der Waals surface area (Å²) >= 11 is 0. The lowest BCUT2D eigenvalue weighted by Gasteiger charge is -2.35. The fourth-order valence-electron chi connectivity index (χ4n) is 3.74. The lowest BCUT2D eigenvalue weighted by atomic mass is 9.95. The molecule has 1 saturated heterocycles. The van der Waals surface area contributed by atoms with Crippen LogP contribution >= 0.6 is 0 Å². The van der Waals surface area contributed by atoms with Gasteiger partial charge in [-0.1, -0.05) is 24.3 Å². The molecular weight excluding hydrogens is 355 g/mol. The van der Waals surface area contributed by atoms with E-state index in [1.54, 1.807) is 13.2 Å². The van der Waals surface area contributed by atoms with Crippen LogP contribution in [0.15, 0.2) is 67.0 Å². The molecule has 2 heterocycles. The van der Waals surface area contributed by atoms with Crippen molar-refractivity contribution < 1.29 is 13.9 Å². The summed E-state index contributed by atoms with van der Waals surface area (Å²) in [5.41, 5.74) is 4.29. The number of rotatable bonds is 5. The summed E-state index contributed by atoms with van der Waals surface area (Å²) in [5.74, 6) is 0.230. The maximum Gasteiger partial charge on any atom is 0.129 e. The van der Waals surface area contributed by atoms with E-state index in [9.17, 15) is 4.39 Å². The Labute approximate surface area is 164 Å². The molecule has 4 nitrogen and oxygen atoms in total. The molecule has 1 atom stereocenters. The van der Waals surface area contributed by atoms with Gasteiger partial charge >= 0.3 is 0 Å². The van der Waals surface area contributed by atoms with Gasteiger partial charge in [0.1, 0.15) is 11.6 Å². The normalized spacial score (nSPS) is 15.9. The summed E-state index contributed by atoms with van der Waals surface area (Å²) in [6, 6.07) is 17.3. The molecule has 1 aliphatic heterocycles. The van der Waals surface area contributed by atoms with E-state index in [2.05, 4.69) is 46.3 Å². The van der Waals surface area contributed by atoms with Gasteiger partial charge in [-0.2, -0.15) is 0 Å². The van der Waals surface area contributed by atoms with Crippen molar-refractivity contribution >= 4 is 0 Å². The molecule has 1 fully saturated rings. The number of aromatic nitrogens is 1. The van der Waals surface area contributed by atoms with Crippen molar-refractivity contribution in [3.8, 4) is 16.9 Å². The van der Waals surface area contributed by atoms with Gasteiger partial charge in [0.05, 0.1) is 26.4 Å². The first-order chi connectivity index (χ1) is 13.8. The molecule has 2 aromatic carbocycles. The second kappa shape index (κ2) is 8.50. The van der Waals surface area contributed by atoms with Crippen molar-refractivity contribution in [3.05, 3.63) is 83.9 Å². The monoisotopic (exact) mass is 378 g/mol. The zero-order valence-corrected chi connectivity index (χ0v) is 15.8. The number of halogens is 1. The van der Waals surface area contributed by atoms with Crippen molar-refractivity contribution in [1.29, 1.82) is 0 Å². The quantitative estimate of drug-likeness (QED) is 0.662. The Morgan fingerprint density at radius 3 is 2.32 bits per heavy atom. The molecule has 0 N–H and O–H groups in total. The smallest absolute Gasteiger partial charge is 0.129 e. The van der Waals surface area contributed by atoms with Gasteiger partial charge in [-0.15, -0.1) is 0 Å². The molecule has 1 aliphatic rings. The predicted octanol–water partition coefficient (Wildman–Crippen LogP) is 4.32. The third-order valence-electron chi connectivity index (χ3n) is 5.13. The molecule has 1 aromatic heterocycles. The van der Waals surface area contributed by atoms with Gasteiger partial charge in [0, 0.05) is 37.1 Å². The van der Waals surface area contributed by atoms with E-state index in [0.717, 1.165) is 37.4 Å². The Balaban J connectivity index is 1.68. The summed E-state index contributed by atoms with van der Waals surface area (Å²) in [6.07, 6.45) is 3.67. The average molecular weight is 378 g/mol. The first-order valence-corrected chi connectivity index (χ1v) is 9.42. The van der Waals surface area contributed by atoms with Gasteiger partial charge in [-0.25, -0.2) is 4.39 Å². The molecule has 3 aromatic rings. The van der Waals surface area contributed by atoms with Crippen molar-refractivity contribution in [2.24, 2.45) is 0 Å². The molecule has 0 unspecified atom stereocenters. The van der Waals surface area contributed by atoms with Crippen LogP contribution in [-0.4, -0.2) is 43.3 Å². The molecule has 0 bridgehead atoms. The Morgan fingerprint density at radius 2 is 1.64 bits per heavy atom. The molecule has 28 heavy (non-hydrogen) atoms. The third-order valence-corrected chi connectivity index (χ3v) is 5.13. The summed E-state index contributed by atoms with van der Waals surface area (Å²) in [6.45, 7) is 3.26. The molecule has 4 rings (SSSR count). The minimum atomic E-state index is -0.303. The molecule has 0 radical (unpaired) electrons. The Kier molecular flexibility index (Phi) is 5.65. The molecule has 0 spiro atoms. The Bertz CT molecular complexity index is 910. The average Bonchev–Trinajstić information content (AvgIpc) is 2.76. The highest BCUT2D eigenvalue weighted by Gasteiger charge is 2.24. The summed E-state index contributed by atoms with van der Waals surface area (Å²) in [5, 5.41) is 0. The number of pyridine rings is 1. The number of nitrogens with zero attached hydrogens (tertiary/aromatic N) is 2. The highest BCUT2D eigenvalue weighted by molar-refractivity contribution is 5.70. The van der Waals surface area contributed by atoms with Gasteiger partial charge in [-0.3, -0.25) is 9.88 Å². The summed E-state index contributed by atoms with van der Waals surface area (Å²) in [4.78, 5) is 6.60. The van der Waals surface area contributed by atoms with Crippen LogP contribution in [0.25, 0.3) is 11.1 Å². The number of hydrogen-bond acceptors (Lipinski definition) is 4. The first kappa shape index (κ1) is 18.6. The second-order valence-electron chi connectivity index (χ2n) is 6.80. The third kappa shape index (κ3) is 3.91. The maximum atomic E-state index is 13.5. The highest BCUT2D eigenvalue weighted by atomic mass is 19.1. The van der Waals surface area contributed by atoms with Crippen molar-refractivity contribution in [3.63, 3.8) is 0 Å². The molecule has 5 heteroatoms. The van der Waals surface area contributed by atoms with Crippen LogP contribution in [0.3, 0.4) is 0 Å². The van der Waals surface area contributed by atoms with E-state index in [-0.39, 0.29) is 11.9 Å². The van der Waals surface area contributed by atoms with E-state index in [1.165, 1.54) is 23.3 Å². The van der Waals surface area contributed by atoms with Crippen molar-refractivity contribution in [2.75, 3.05) is 33.4 Å². The first-order valence-electron chi connectivity index (χ1n) is 9.42. The van der Waals surface area contributed by atoms with Gasteiger partial charge in [-0.05, 0) is 41.0 Å². The lowest BCUT2D eigenvalue weighted by molar-refractivity contribution is 0.0239. The van der Waals surface area contributed by atoms with E-state index in [1.807, 2.05) is 12.4 Å². The van der Waals surface area contributed by atoms with Gasteiger partial charge < -0.3 is 9.47 Å². The highest BCUT2D eigenvalue weighted by Crippen LogP contribution is 2.34. The number of benzene rings is 2. The standard InChI is InChI=1S/C23H23FN2O2/c1-27-22-16-20(24)6-7-21(22)17-2-4-18(5-3-17)23(19-8-10-25-11-9-19)26-12-14-28-15-13-26/h2-11,16,23H,12-15H2,1H3/t23-/m1/s1. The van der Waals surface area contributed by atoms with Crippen LogP contribution in [0.4, 0.5) is 4.39 Å². The van der Waals surface area contributed by atoms with Crippen LogP contribution in [0, 0.1) is 5.82 Å². The molecule has 0 amide bonds. The van der Waals surface area contributed by atoms with Crippen LogP contribution in [-0.2, 0) is 4.74 Å². The zero-order chi connectivity index (χ0) is 19.3. The molecular formula is C23H23FN2O2. The van der Waals surface area contributed by atoms with Crippen LogP contribution < -0.4 is 4.74 Å². The second-order valence-corrected chi connectivity index (χ2v) is 6.80. The van der Waals surface area contributed by atoms with E-state index >= 15 is 0 Å². The number of morpholine rings is 1. The van der Waals surface area contributed by atoms with Gasteiger partial charge in [0.2, 0.25) is 0 Å². The molecule has 0 saturated carbocycles. The number of ether oxygens (including phenoxy) is 2. The van der Waals surface area contributed by atoms with Crippen LogP contribution in [0.1, 0.15) is 17.2 Å². The minimum absolute atomic E-state index is 0.149. The number of methoxy groups -OCH3 is 1. The Morgan fingerprint density at radius 1 is 0.964 bits per heavy atom. The predicted molar refractivity (Wildman–Crippen MR) is 107 cm³/mol. The summed E-state index contributed by atoms with van der Waals surface area (Å²) < 4.78 is 24.4. The minimum Gasteiger partial charge on any atom is -0.496 e. The van der Waals surface area contributed by atoms with E-state index < -0.39 is 0 Å². The maximum absolute atomic E-state index is 13.5. The summed E-state index contributed by atoms with van der Waals surface area (Å²) in [7, 11) is 1.56. The van der Waals surface area contributed by atoms with Gasteiger partial charge in [0.15, 0.2) is 0 Å². The van der Waals surface area contributed by atoms with Gasteiger partial charge in [0.25, 0.3) is 0 Å². The van der Waals surface area contributed by atoms with Crippen molar-refractivity contribution in [2.45, 2.75) is 6.04 Å². The van der Waals surface area contributed by atoms with Crippen LogP contribution in [0.2, 0.25) is 0 Å². The van der Waals surface area contributed by atoms with Crippen LogP contribution in [0.5, 0.6) is 5.75 Å². The zero-order valence-electron chi connectivity index (χ0n) is 15.8. The largest absolute Gasteiger partial charge is 0.496 e. The number of hydrogen-bond donors (Lipinski definition) is 0.